The molecule has 1 saturated carbocycles. The van der Waals surface area contributed by atoms with Gasteiger partial charge in [-0.05, 0) is 46.7 Å². The summed E-state index contributed by atoms with van der Waals surface area (Å²) >= 11 is 0. The molecule has 0 aliphatic heterocycles. The molecule has 0 heterocycles. The van der Waals surface area contributed by atoms with Gasteiger partial charge in [0.05, 0.1) is 5.54 Å². The molecule has 1 atom stereocenters. The fourth-order valence-electron chi connectivity index (χ4n) is 2.71. The van der Waals surface area contributed by atoms with E-state index in [0.29, 0.717) is 18.5 Å². The van der Waals surface area contributed by atoms with Crippen molar-refractivity contribution in [3.05, 3.63) is 0 Å². The van der Waals surface area contributed by atoms with Crippen LogP contribution in [0.1, 0.15) is 46.0 Å². The summed E-state index contributed by atoms with van der Waals surface area (Å²) in [4.78, 5) is 14.1. The Morgan fingerprint density at radius 3 is 2.15 bits per heavy atom. The number of nitrogens with two attached hydrogens (primary N) is 1. The first-order valence-electron chi connectivity index (χ1n) is 7.06. The summed E-state index contributed by atoms with van der Waals surface area (Å²) in [5.74, 6) is 0.639. The molecule has 3 N–H and O–H groups in total. The molecule has 122 valence electrons. The first kappa shape index (κ1) is 22.3. The summed E-state index contributed by atoms with van der Waals surface area (Å²) < 4.78 is 0. The first-order valence-corrected chi connectivity index (χ1v) is 7.06. The zero-order valence-electron chi connectivity index (χ0n) is 13.1. The highest BCUT2D eigenvalue weighted by molar-refractivity contribution is 5.85. The zero-order chi connectivity index (χ0) is 13.8. The van der Waals surface area contributed by atoms with Crippen molar-refractivity contribution in [2.45, 2.75) is 57.5 Å². The van der Waals surface area contributed by atoms with Crippen LogP contribution in [-0.4, -0.2) is 43.0 Å². The molecular weight excluding hydrogens is 297 g/mol. The minimum atomic E-state index is -0.788. The van der Waals surface area contributed by atoms with E-state index < -0.39 is 5.54 Å². The number of hydrogen-bond acceptors (Lipinski definition) is 3. The summed E-state index contributed by atoms with van der Waals surface area (Å²) in [6.07, 6.45) is 6.57. The number of carbonyl (C=O) groups is 1. The molecule has 1 aliphatic carbocycles. The van der Waals surface area contributed by atoms with Gasteiger partial charge in [0.25, 0.3) is 0 Å². The Labute approximate surface area is 136 Å². The number of carbonyl (C=O) groups excluding carboxylic acids is 1. The average molecular weight is 328 g/mol. The van der Waals surface area contributed by atoms with Gasteiger partial charge < -0.3 is 16.0 Å². The van der Waals surface area contributed by atoms with Crippen LogP contribution >= 0.6 is 24.8 Å². The van der Waals surface area contributed by atoms with E-state index >= 15 is 0 Å². The van der Waals surface area contributed by atoms with Crippen molar-refractivity contribution >= 4 is 30.7 Å². The second kappa shape index (κ2) is 9.82. The Morgan fingerprint density at radius 2 is 1.75 bits per heavy atom. The van der Waals surface area contributed by atoms with Crippen LogP contribution in [-0.2, 0) is 4.79 Å². The summed E-state index contributed by atoms with van der Waals surface area (Å²) in [5, 5.41) is 3.00. The lowest BCUT2D eigenvalue weighted by Gasteiger charge is -2.35. The van der Waals surface area contributed by atoms with E-state index in [1.165, 1.54) is 32.1 Å². The summed E-state index contributed by atoms with van der Waals surface area (Å²) in [5.41, 5.74) is 5.01. The Morgan fingerprint density at radius 1 is 1.25 bits per heavy atom. The molecule has 6 heteroatoms. The van der Waals surface area contributed by atoms with Gasteiger partial charge in [-0.3, -0.25) is 4.79 Å². The molecule has 0 saturated heterocycles. The monoisotopic (exact) mass is 327 g/mol. The lowest BCUT2D eigenvalue weighted by molar-refractivity contribution is -0.125. The average Bonchev–Trinajstić information content (AvgIpc) is 2.28. The van der Waals surface area contributed by atoms with Crippen LogP contribution < -0.4 is 11.1 Å². The standard InChI is InChI=1S/C14H29N3O.2ClH/c1-14(2,15)13(18)16-10-12(17(3)4)11-8-6-5-7-9-11;;/h11-12H,5-10,15H2,1-4H3,(H,16,18);2*1H. The topological polar surface area (TPSA) is 58.4 Å². The van der Waals surface area contributed by atoms with Crippen molar-refractivity contribution in [2.24, 2.45) is 11.7 Å². The van der Waals surface area contributed by atoms with E-state index in [9.17, 15) is 4.79 Å². The van der Waals surface area contributed by atoms with Gasteiger partial charge in [-0.25, -0.2) is 0 Å². The van der Waals surface area contributed by atoms with E-state index in [4.69, 9.17) is 5.73 Å². The normalized spacial score (nSPS) is 17.9. The van der Waals surface area contributed by atoms with Gasteiger partial charge in [-0.15, -0.1) is 24.8 Å². The number of nitrogens with zero attached hydrogens (tertiary/aromatic N) is 1. The van der Waals surface area contributed by atoms with Gasteiger partial charge in [-0.2, -0.15) is 0 Å². The number of likely N-dealkylation sites (N-methyl/N-ethyl adjacent to an activating group) is 1. The highest BCUT2D eigenvalue weighted by atomic mass is 35.5. The van der Waals surface area contributed by atoms with Crippen LogP contribution in [0.2, 0.25) is 0 Å². The third kappa shape index (κ3) is 7.11. The molecule has 0 bridgehead atoms. The smallest absolute Gasteiger partial charge is 0.239 e. The molecule has 1 fully saturated rings. The van der Waals surface area contributed by atoms with Gasteiger partial charge in [0, 0.05) is 12.6 Å². The number of hydrogen-bond donors (Lipinski definition) is 2. The SMILES string of the molecule is CN(C)C(CNC(=O)C(C)(C)N)C1CCCCC1.Cl.Cl. The Balaban J connectivity index is 0. The molecule has 20 heavy (non-hydrogen) atoms. The number of amides is 1. The minimum Gasteiger partial charge on any atom is -0.353 e. The van der Waals surface area contributed by atoms with E-state index in [2.05, 4.69) is 24.3 Å². The van der Waals surface area contributed by atoms with Crippen molar-refractivity contribution in [2.75, 3.05) is 20.6 Å². The van der Waals surface area contributed by atoms with Gasteiger partial charge in [0.2, 0.25) is 5.91 Å². The van der Waals surface area contributed by atoms with Gasteiger partial charge in [-0.1, -0.05) is 19.3 Å². The van der Waals surface area contributed by atoms with Crippen LogP contribution in [0.3, 0.4) is 0 Å². The van der Waals surface area contributed by atoms with Crippen molar-refractivity contribution in [3.63, 3.8) is 0 Å². The van der Waals surface area contributed by atoms with Crippen molar-refractivity contribution in [1.82, 2.24) is 10.2 Å². The van der Waals surface area contributed by atoms with Gasteiger partial charge >= 0.3 is 0 Å². The van der Waals surface area contributed by atoms with E-state index in [0.717, 1.165) is 0 Å². The van der Waals surface area contributed by atoms with Crippen LogP contribution in [0.4, 0.5) is 0 Å². The number of nitrogens with one attached hydrogen (secondary N) is 1. The van der Waals surface area contributed by atoms with Crippen LogP contribution in [0, 0.1) is 5.92 Å². The maximum absolute atomic E-state index is 11.8. The van der Waals surface area contributed by atoms with Crippen molar-refractivity contribution in [1.29, 1.82) is 0 Å². The molecule has 1 amide bonds. The Kier molecular flexibility index (Phi) is 10.9. The number of rotatable bonds is 5. The third-order valence-corrected chi connectivity index (χ3v) is 3.91. The summed E-state index contributed by atoms with van der Waals surface area (Å²) in [6.45, 7) is 4.19. The molecule has 1 rings (SSSR count). The molecule has 0 spiro atoms. The quantitative estimate of drug-likeness (QED) is 0.813. The molecule has 0 aromatic heterocycles. The fourth-order valence-corrected chi connectivity index (χ4v) is 2.71. The zero-order valence-corrected chi connectivity index (χ0v) is 14.8. The predicted octanol–water partition coefficient (Wildman–Crippen LogP) is 2.19. The van der Waals surface area contributed by atoms with Gasteiger partial charge in [0.15, 0.2) is 0 Å². The third-order valence-electron chi connectivity index (χ3n) is 3.91. The highest BCUT2D eigenvalue weighted by Gasteiger charge is 2.28. The largest absolute Gasteiger partial charge is 0.353 e. The fraction of sp³-hybridized carbons (Fsp3) is 0.929. The Bertz CT molecular complexity index is 274. The van der Waals surface area contributed by atoms with E-state index in [1.807, 2.05) is 0 Å². The predicted molar refractivity (Wildman–Crippen MR) is 89.8 cm³/mol. The summed E-state index contributed by atoms with van der Waals surface area (Å²) in [7, 11) is 4.19. The first-order chi connectivity index (χ1) is 8.32. The molecule has 0 radical (unpaired) electrons. The molecule has 0 aromatic rings. The summed E-state index contributed by atoms with van der Waals surface area (Å²) in [6, 6.07) is 0.427. The lowest BCUT2D eigenvalue weighted by atomic mass is 9.83. The molecule has 1 unspecified atom stereocenters. The van der Waals surface area contributed by atoms with E-state index in [-0.39, 0.29) is 30.7 Å². The van der Waals surface area contributed by atoms with Crippen LogP contribution in [0.15, 0.2) is 0 Å². The minimum absolute atomic E-state index is 0. The second-order valence-electron chi connectivity index (χ2n) is 6.36. The van der Waals surface area contributed by atoms with Crippen LogP contribution in [0.5, 0.6) is 0 Å². The second-order valence-corrected chi connectivity index (χ2v) is 6.36. The van der Waals surface area contributed by atoms with Gasteiger partial charge in [0.1, 0.15) is 0 Å². The number of halogens is 2. The molecular formula is C14H31Cl2N3O. The maximum Gasteiger partial charge on any atom is 0.239 e. The van der Waals surface area contributed by atoms with Crippen LogP contribution in [0.25, 0.3) is 0 Å². The molecule has 1 aliphatic rings. The highest BCUT2D eigenvalue weighted by Crippen LogP contribution is 2.28. The molecule has 0 aromatic carbocycles. The maximum atomic E-state index is 11.8. The van der Waals surface area contributed by atoms with Crippen molar-refractivity contribution < 1.29 is 4.79 Å². The van der Waals surface area contributed by atoms with E-state index in [1.54, 1.807) is 13.8 Å². The Hall–Kier alpha value is -0.0300. The molecule has 4 nitrogen and oxygen atoms in total. The van der Waals surface area contributed by atoms with Crippen molar-refractivity contribution in [3.8, 4) is 0 Å². The lowest BCUT2D eigenvalue weighted by Crippen LogP contribution is -2.53.